The predicted octanol–water partition coefficient (Wildman–Crippen LogP) is 3.43. The number of hydrogen-bond donors (Lipinski definition) is 2. The molecule has 0 bridgehead atoms. The number of aromatic carboxylic acids is 1. The fourth-order valence-corrected chi connectivity index (χ4v) is 2.48. The number of carbonyl (C=O) groups excluding carboxylic acids is 1. The molecule has 7 heteroatoms. The van der Waals surface area contributed by atoms with E-state index < -0.39 is 11.9 Å². The summed E-state index contributed by atoms with van der Waals surface area (Å²) in [5, 5.41) is 15.0. The van der Waals surface area contributed by atoms with Gasteiger partial charge in [0.1, 0.15) is 5.75 Å². The average molecular weight is 326 g/mol. The first-order valence-electron chi connectivity index (χ1n) is 5.95. The number of carboxylic acids is 1. The van der Waals surface area contributed by atoms with E-state index in [1.54, 1.807) is 23.6 Å². The van der Waals surface area contributed by atoms with E-state index in [0.29, 0.717) is 10.8 Å². The number of halogens is 1. The maximum atomic E-state index is 11.8. The van der Waals surface area contributed by atoms with Gasteiger partial charge in [-0.15, -0.1) is 11.3 Å². The smallest absolute Gasteiger partial charge is 0.338 e. The van der Waals surface area contributed by atoms with Crippen molar-refractivity contribution in [1.29, 1.82) is 0 Å². The van der Waals surface area contributed by atoms with Crippen LogP contribution < -0.4 is 10.1 Å². The monoisotopic (exact) mass is 325 g/mol. The number of amides is 1. The Hall–Kier alpha value is -2.05. The van der Waals surface area contributed by atoms with Crippen molar-refractivity contribution in [3.63, 3.8) is 0 Å². The van der Waals surface area contributed by atoms with Crippen LogP contribution in [0.15, 0.2) is 29.0 Å². The Morgan fingerprint density at radius 1 is 1.38 bits per heavy atom. The summed E-state index contributed by atoms with van der Waals surface area (Å²) < 4.78 is 5.31. The zero-order valence-corrected chi connectivity index (χ0v) is 12.6. The minimum atomic E-state index is -1.09. The Morgan fingerprint density at radius 2 is 2.14 bits per heavy atom. The van der Waals surface area contributed by atoms with Crippen LogP contribution in [0.1, 0.15) is 15.9 Å². The van der Waals surface area contributed by atoms with Crippen LogP contribution in [0.5, 0.6) is 5.75 Å². The molecule has 0 spiro atoms. The lowest BCUT2D eigenvalue weighted by Crippen LogP contribution is -2.21. The van der Waals surface area contributed by atoms with Crippen LogP contribution in [0, 0.1) is 6.92 Å². The van der Waals surface area contributed by atoms with Crippen molar-refractivity contribution in [2.45, 2.75) is 6.92 Å². The van der Waals surface area contributed by atoms with Gasteiger partial charge < -0.3 is 15.2 Å². The number of nitrogens with one attached hydrogen (secondary N) is 1. The predicted molar refractivity (Wildman–Crippen MR) is 81.6 cm³/mol. The van der Waals surface area contributed by atoms with Crippen molar-refractivity contribution in [2.75, 3.05) is 11.9 Å². The number of thiophene rings is 1. The maximum absolute atomic E-state index is 11.8. The summed E-state index contributed by atoms with van der Waals surface area (Å²) in [6, 6.07) is 5.12. The van der Waals surface area contributed by atoms with Crippen LogP contribution in [0.3, 0.4) is 0 Å². The minimum Gasteiger partial charge on any atom is -0.484 e. The van der Waals surface area contributed by atoms with Gasteiger partial charge in [-0.3, -0.25) is 4.79 Å². The number of ether oxygens (including phenoxy) is 1. The molecule has 1 aromatic heterocycles. The van der Waals surface area contributed by atoms with Gasteiger partial charge in [0.2, 0.25) is 0 Å². The minimum absolute atomic E-state index is 0.0618. The van der Waals surface area contributed by atoms with Gasteiger partial charge in [0.25, 0.3) is 5.91 Å². The third kappa shape index (κ3) is 3.96. The van der Waals surface area contributed by atoms with Crippen LogP contribution >= 0.6 is 22.9 Å². The standard InChI is InChI=1S/C14H12ClNO4S/c1-8-2-3-9(4-11(8)15)20-5-13(17)16-12-7-21-6-10(12)14(18)19/h2-4,6-7H,5H2,1H3,(H,16,17)(H,18,19). The molecule has 1 heterocycles. The molecule has 0 radical (unpaired) electrons. The SMILES string of the molecule is Cc1ccc(OCC(=O)Nc2cscc2C(=O)O)cc1Cl. The van der Waals surface area contributed by atoms with Crippen molar-refractivity contribution in [3.8, 4) is 5.75 Å². The maximum Gasteiger partial charge on any atom is 0.338 e. The van der Waals surface area contributed by atoms with Gasteiger partial charge in [-0.25, -0.2) is 4.79 Å². The Balaban J connectivity index is 1.94. The van der Waals surface area contributed by atoms with Gasteiger partial charge in [0, 0.05) is 15.8 Å². The highest BCUT2D eigenvalue weighted by atomic mass is 35.5. The Bertz CT molecular complexity index is 683. The molecule has 0 saturated carbocycles. The number of rotatable bonds is 5. The Kier molecular flexibility index (Phi) is 4.82. The second kappa shape index (κ2) is 6.60. The van der Waals surface area contributed by atoms with E-state index in [0.717, 1.165) is 5.56 Å². The molecule has 2 aromatic rings. The van der Waals surface area contributed by atoms with E-state index in [-0.39, 0.29) is 17.9 Å². The highest BCUT2D eigenvalue weighted by Crippen LogP contribution is 2.22. The first kappa shape index (κ1) is 15.3. The van der Waals surface area contributed by atoms with Crippen molar-refractivity contribution in [2.24, 2.45) is 0 Å². The molecular weight excluding hydrogens is 314 g/mol. The zero-order chi connectivity index (χ0) is 15.4. The molecule has 2 N–H and O–H groups in total. The van der Waals surface area contributed by atoms with Crippen molar-refractivity contribution >= 4 is 40.5 Å². The first-order chi connectivity index (χ1) is 9.97. The van der Waals surface area contributed by atoms with Crippen LogP contribution in [0.4, 0.5) is 5.69 Å². The van der Waals surface area contributed by atoms with E-state index in [9.17, 15) is 9.59 Å². The molecule has 0 aliphatic rings. The normalized spacial score (nSPS) is 10.2. The van der Waals surface area contributed by atoms with Gasteiger partial charge in [-0.2, -0.15) is 0 Å². The fraction of sp³-hybridized carbons (Fsp3) is 0.143. The molecule has 0 aliphatic heterocycles. The second-order valence-electron chi connectivity index (χ2n) is 4.25. The van der Waals surface area contributed by atoms with E-state index in [1.807, 2.05) is 6.92 Å². The lowest BCUT2D eigenvalue weighted by atomic mass is 10.2. The van der Waals surface area contributed by atoms with E-state index in [2.05, 4.69) is 5.32 Å². The molecule has 0 fully saturated rings. The number of carbonyl (C=O) groups is 2. The van der Waals surface area contributed by atoms with Crippen molar-refractivity contribution in [1.82, 2.24) is 0 Å². The summed E-state index contributed by atoms with van der Waals surface area (Å²) in [5.74, 6) is -1.05. The topological polar surface area (TPSA) is 75.6 Å². The quantitative estimate of drug-likeness (QED) is 0.883. The van der Waals surface area contributed by atoms with Gasteiger partial charge in [0.15, 0.2) is 6.61 Å². The molecule has 1 amide bonds. The molecule has 2 rings (SSSR count). The van der Waals surface area contributed by atoms with E-state index in [1.165, 1.54) is 16.7 Å². The van der Waals surface area contributed by atoms with Gasteiger partial charge >= 0.3 is 5.97 Å². The molecule has 21 heavy (non-hydrogen) atoms. The number of anilines is 1. The van der Waals surface area contributed by atoms with E-state index in [4.69, 9.17) is 21.4 Å². The number of benzene rings is 1. The van der Waals surface area contributed by atoms with Gasteiger partial charge in [0.05, 0.1) is 11.3 Å². The van der Waals surface area contributed by atoms with Crippen LogP contribution in [0.25, 0.3) is 0 Å². The fourth-order valence-electron chi connectivity index (χ4n) is 1.56. The summed E-state index contributed by atoms with van der Waals surface area (Å²) in [6.07, 6.45) is 0. The highest BCUT2D eigenvalue weighted by molar-refractivity contribution is 7.08. The molecule has 1 aromatic carbocycles. The van der Waals surface area contributed by atoms with E-state index >= 15 is 0 Å². The second-order valence-corrected chi connectivity index (χ2v) is 5.40. The lowest BCUT2D eigenvalue weighted by Gasteiger charge is -2.08. The van der Waals surface area contributed by atoms with Crippen LogP contribution in [-0.2, 0) is 4.79 Å². The number of aryl methyl sites for hydroxylation is 1. The summed E-state index contributed by atoms with van der Waals surface area (Å²) in [4.78, 5) is 22.7. The Labute approximate surface area is 130 Å². The van der Waals surface area contributed by atoms with Crippen LogP contribution in [-0.4, -0.2) is 23.6 Å². The zero-order valence-electron chi connectivity index (χ0n) is 11.1. The van der Waals surface area contributed by atoms with Gasteiger partial charge in [-0.1, -0.05) is 17.7 Å². The van der Waals surface area contributed by atoms with Gasteiger partial charge in [-0.05, 0) is 24.6 Å². The molecule has 0 unspecified atom stereocenters. The molecule has 0 atom stereocenters. The molecular formula is C14H12ClNO4S. The number of carboxylic acid groups (broad SMARTS) is 1. The highest BCUT2D eigenvalue weighted by Gasteiger charge is 2.13. The van der Waals surface area contributed by atoms with Crippen LogP contribution in [0.2, 0.25) is 5.02 Å². The van der Waals surface area contributed by atoms with Crippen molar-refractivity contribution < 1.29 is 19.4 Å². The summed E-state index contributed by atoms with van der Waals surface area (Å²) in [5.41, 5.74) is 1.24. The van der Waals surface area contributed by atoms with Crippen molar-refractivity contribution in [3.05, 3.63) is 45.1 Å². The molecule has 110 valence electrons. The first-order valence-corrected chi connectivity index (χ1v) is 7.27. The summed E-state index contributed by atoms with van der Waals surface area (Å²) in [7, 11) is 0. The summed E-state index contributed by atoms with van der Waals surface area (Å²) >= 11 is 7.16. The number of hydrogen-bond acceptors (Lipinski definition) is 4. The third-order valence-electron chi connectivity index (χ3n) is 2.68. The average Bonchev–Trinajstić information content (AvgIpc) is 2.88. The molecule has 5 nitrogen and oxygen atoms in total. The molecule has 0 saturated heterocycles. The largest absolute Gasteiger partial charge is 0.484 e. The lowest BCUT2D eigenvalue weighted by molar-refractivity contribution is -0.118. The Morgan fingerprint density at radius 3 is 2.81 bits per heavy atom. The summed E-state index contributed by atoms with van der Waals surface area (Å²) in [6.45, 7) is 1.64. The third-order valence-corrected chi connectivity index (χ3v) is 3.83. The molecule has 0 aliphatic carbocycles.